The van der Waals surface area contributed by atoms with Gasteiger partial charge in [0.15, 0.2) is 0 Å². The maximum atomic E-state index is 11.6. The normalized spacial score (nSPS) is 11.4. The van der Waals surface area contributed by atoms with E-state index in [1.807, 2.05) is 26.8 Å². The first-order valence-electron chi connectivity index (χ1n) is 6.09. The molecule has 0 unspecified atom stereocenters. The fourth-order valence-electron chi connectivity index (χ4n) is 1.46. The number of hydrogen-bond donors (Lipinski definition) is 2. The highest BCUT2D eigenvalue weighted by Gasteiger charge is 2.12. The monoisotopic (exact) mass is 391 g/mol. The van der Waals surface area contributed by atoms with Gasteiger partial charge in [0.1, 0.15) is 0 Å². The molecule has 0 spiro atoms. The molecule has 1 heterocycles. The molecule has 1 aromatic heterocycles. The lowest BCUT2D eigenvalue weighted by atomic mass is 10.1. The average Bonchev–Trinajstić information content (AvgIpc) is 2.24. The first-order chi connectivity index (χ1) is 8.78. The van der Waals surface area contributed by atoms with Gasteiger partial charge in [-0.15, -0.1) is 0 Å². The molecule has 0 saturated heterocycles. The maximum absolute atomic E-state index is 11.6. The molecule has 106 valence electrons. The third-order valence-corrected chi connectivity index (χ3v) is 3.34. The number of hydrogen-bond acceptors (Lipinski definition) is 3. The van der Waals surface area contributed by atoms with E-state index in [0.717, 1.165) is 14.6 Å². The van der Waals surface area contributed by atoms with Crippen molar-refractivity contribution in [3.63, 3.8) is 0 Å². The molecule has 19 heavy (non-hydrogen) atoms. The van der Waals surface area contributed by atoms with Gasteiger partial charge in [0, 0.05) is 40.2 Å². The summed E-state index contributed by atoms with van der Waals surface area (Å²) in [5.41, 5.74) is 0.757. The van der Waals surface area contributed by atoms with Crippen molar-refractivity contribution < 1.29 is 4.79 Å². The van der Waals surface area contributed by atoms with Gasteiger partial charge in [-0.05, 0) is 58.7 Å². The van der Waals surface area contributed by atoms with Crippen LogP contribution in [0.15, 0.2) is 21.2 Å². The van der Waals surface area contributed by atoms with Gasteiger partial charge in [-0.25, -0.2) is 0 Å². The Morgan fingerprint density at radius 3 is 2.63 bits per heavy atom. The SMILES string of the molecule is CC(C)(C)NC(=O)CCNCc1ncc(Br)cc1Br. The minimum atomic E-state index is -0.173. The highest BCUT2D eigenvalue weighted by Crippen LogP contribution is 2.19. The van der Waals surface area contributed by atoms with Crippen LogP contribution in [-0.2, 0) is 11.3 Å². The van der Waals surface area contributed by atoms with E-state index in [9.17, 15) is 4.79 Å². The van der Waals surface area contributed by atoms with Crippen LogP contribution in [0, 0.1) is 0 Å². The van der Waals surface area contributed by atoms with E-state index in [-0.39, 0.29) is 11.4 Å². The minimum Gasteiger partial charge on any atom is -0.351 e. The number of nitrogens with zero attached hydrogens (tertiary/aromatic N) is 1. The number of halogens is 2. The average molecular weight is 393 g/mol. The molecule has 1 amide bonds. The van der Waals surface area contributed by atoms with Crippen LogP contribution in [0.5, 0.6) is 0 Å². The lowest BCUT2D eigenvalue weighted by Crippen LogP contribution is -2.41. The molecule has 1 rings (SSSR count). The van der Waals surface area contributed by atoms with Gasteiger partial charge in [-0.2, -0.15) is 0 Å². The Morgan fingerprint density at radius 2 is 2.05 bits per heavy atom. The number of amides is 1. The highest BCUT2D eigenvalue weighted by molar-refractivity contribution is 9.11. The van der Waals surface area contributed by atoms with E-state index >= 15 is 0 Å². The molecule has 0 atom stereocenters. The highest BCUT2D eigenvalue weighted by atomic mass is 79.9. The molecule has 0 aliphatic rings. The van der Waals surface area contributed by atoms with Crippen LogP contribution in [0.2, 0.25) is 0 Å². The Bertz CT molecular complexity index is 444. The third-order valence-electron chi connectivity index (χ3n) is 2.22. The summed E-state index contributed by atoms with van der Waals surface area (Å²) < 4.78 is 1.89. The van der Waals surface area contributed by atoms with Crippen LogP contribution < -0.4 is 10.6 Å². The molecule has 1 aromatic rings. The Labute approximate surface area is 131 Å². The predicted molar refractivity (Wildman–Crippen MR) is 83.9 cm³/mol. The quantitative estimate of drug-likeness (QED) is 0.757. The molecule has 0 saturated carbocycles. The zero-order chi connectivity index (χ0) is 14.5. The second-order valence-electron chi connectivity index (χ2n) is 5.31. The van der Waals surface area contributed by atoms with Gasteiger partial charge >= 0.3 is 0 Å². The predicted octanol–water partition coefficient (Wildman–Crippen LogP) is 3.00. The van der Waals surface area contributed by atoms with E-state index in [0.29, 0.717) is 19.5 Å². The zero-order valence-corrected chi connectivity index (χ0v) is 14.6. The summed E-state index contributed by atoms with van der Waals surface area (Å²) in [6.45, 7) is 7.19. The summed E-state index contributed by atoms with van der Waals surface area (Å²) in [6.07, 6.45) is 2.22. The second-order valence-corrected chi connectivity index (χ2v) is 7.08. The van der Waals surface area contributed by atoms with Gasteiger partial charge < -0.3 is 10.6 Å². The standard InChI is InChI=1S/C13H19Br2N3O/c1-13(2,3)18-12(19)4-5-16-8-11-10(15)6-9(14)7-17-11/h6-7,16H,4-5,8H2,1-3H3,(H,18,19). The maximum Gasteiger partial charge on any atom is 0.221 e. The van der Waals surface area contributed by atoms with E-state index in [4.69, 9.17) is 0 Å². The van der Waals surface area contributed by atoms with E-state index < -0.39 is 0 Å². The molecule has 4 nitrogen and oxygen atoms in total. The van der Waals surface area contributed by atoms with Crippen LogP contribution in [0.3, 0.4) is 0 Å². The van der Waals surface area contributed by atoms with Crippen molar-refractivity contribution in [2.75, 3.05) is 6.54 Å². The molecule has 0 fully saturated rings. The van der Waals surface area contributed by atoms with Crippen molar-refractivity contribution >= 4 is 37.8 Å². The number of carbonyl (C=O) groups is 1. The van der Waals surface area contributed by atoms with Crippen LogP contribution in [0.4, 0.5) is 0 Å². The summed E-state index contributed by atoms with van der Waals surface area (Å²) in [7, 11) is 0. The molecule has 0 aromatic carbocycles. The van der Waals surface area contributed by atoms with Gasteiger partial charge in [0.25, 0.3) is 0 Å². The van der Waals surface area contributed by atoms with E-state index in [1.165, 1.54) is 0 Å². The van der Waals surface area contributed by atoms with Crippen LogP contribution in [-0.4, -0.2) is 23.0 Å². The molecule has 0 aliphatic heterocycles. The fourth-order valence-corrected chi connectivity index (χ4v) is 2.59. The lowest BCUT2D eigenvalue weighted by Gasteiger charge is -2.20. The number of pyridine rings is 1. The van der Waals surface area contributed by atoms with Crippen LogP contribution >= 0.6 is 31.9 Å². The zero-order valence-electron chi connectivity index (χ0n) is 11.4. The summed E-state index contributed by atoms with van der Waals surface area (Å²) in [6, 6.07) is 1.95. The molecule has 0 aliphatic carbocycles. The minimum absolute atomic E-state index is 0.0582. The van der Waals surface area contributed by atoms with Crippen molar-refractivity contribution in [2.24, 2.45) is 0 Å². The summed E-state index contributed by atoms with van der Waals surface area (Å²) in [5.74, 6) is 0.0582. The van der Waals surface area contributed by atoms with E-state index in [2.05, 4.69) is 47.5 Å². The van der Waals surface area contributed by atoms with Crippen molar-refractivity contribution in [2.45, 2.75) is 39.3 Å². The third kappa shape index (κ3) is 7.03. The Morgan fingerprint density at radius 1 is 1.37 bits per heavy atom. The first-order valence-corrected chi connectivity index (χ1v) is 7.68. The Kier molecular flexibility index (Phi) is 6.42. The summed E-state index contributed by atoms with van der Waals surface area (Å²) in [5, 5.41) is 6.14. The number of rotatable bonds is 5. The van der Waals surface area contributed by atoms with Gasteiger partial charge in [0.2, 0.25) is 5.91 Å². The largest absolute Gasteiger partial charge is 0.351 e. The molecular weight excluding hydrogens is 374 g/mol. The van der Waals surface area contributed by atoms with Gasteiger partial charge in [0.05, 0.1) is 5.69 Å². The molecule has 2 N–H and O–H groups in total. The number of carbonyl (C=O) groups excluding carboxylic acids is 1. The fraction of sp³-hybridized carbons (Fsp3) is 0.538. The Balaban J connectivity index is 2.29. The van der Waals surface area contributed by atoms with Crippen molar-refractivity contribution in [3.8, 4) is 0 Å². The van der Waals surface area contributed by atoms with Crippen molar-refractivity contribution in [3.05, 3.63) is 26.9 Å². The van der Waals surface area contributed by atoms with Gasteiger partial charge in [-0.1, -0.05) is 0 Å². The topological polar surface area (TPSA) is 54.0 Å². The molecule has 0 radical (unpaired) electrons. The summed E-state index contributed by atoms with van der Waals surface area (Å²) in [4.78, 5) is 15.9. The van der Waals surface area contributed by atoms with Crippen LogP contribution in [0.25, 0.3) is 0 Å². The smallest absolute Gasteiger partial charge is 0.221 e. The van der Waals surface area contributed by atoms with Crippen LogP contribution in [0.1, 0.15) is 32.9 Å². The van der Waals surface area contributed by atoms with Gasteiger partial charge in [-0.3, -0.25) is 9.78 Å². The molecular formula is C13H19Br2N3O. The lowest BCUT2D eigenvalue weighted by molar-refractivity contribution is -0.122. The number of aromatic nitrogens is 1. The van der Waals surface area contributed by atoms with Crippen molar-refractivity contribution in [1.82, 2.24) is 15.6 Å². The van der Waals surface area contributed by atoms with Crippen molar-refractivity contribution in [1.29, 1.82) is 0 Å². The number of nitrogens with one attached hydrogen (secondary N) is 2. The second kappa shape index (κ2) is 7.36. The molecule has 0 bridgehead atoms. The summed E-state index contributed by atoms with van der Waals surface area (Å²) >= 11 is 6.82. The Hall–Kier alpha value is -0.460. The van der Waals surface area contributed by atoms with E-state index in [1.54, 1.807) is 6.20 Å². The first kappa shape index (κ1) is 16.6. The molecule has 6 heteroatoms.